The third kappa shape index (κ3) is 4.19. The molecule has 2 saturated heterocycles. The maximum atomic E-state index is 13.1. The lowest BCUT2D eigenvalue weighted by atomic mass is 9.97. The van der Waals surface area contributed by atoms with Gasteiger partial charge in [0, 0.05) is 22.4 Å². The van der Waals surface area contributed by atoms with E-state index in [1.165, 1.54) is 12.0 Å². The van der Waals surface area contributed by atoms with Crippen molar-refractivity contribution < 1.29 is 19.1 Å². The number of thioether (sulfide) groups is 2. The average Bonchev–Trinajstić information content (AvgIpc) is 3.07. The van der Waals surface area contributed by atoms with E-state index in [4.69, 9.17) is 4.74 Å². The van der Waals surface area contributed by atoms with Crippen LogP contribution in [0.5, 0.6) is 5.75 Å². The van der Waals surface area contributed by atoms with Crippen LogP contribution in [-0.2, 0) is 4.79 Å². The van der Waals surface area contributed by atoms with Crippen molar-refractivity contribution in [3.05, 3.63) is 48.0 Å². The predicted molar refractivity (Wildman–Crippen MR) is 127 cm³/mol. The standard InChI is InChI=1S/C23H25N3O4S2/c1-30-20-13-17(32-3)7-8-18(20)21(27)24-14-9-10-25-19(11-14)22(28)26(23(25)29)15-5-4-6-16(12-15)31-2/h4-8,12-14,19H,9-11H2,1-3H3,(H,24,27)/t14-,19+/m1/s1. The van der Waals surface area contributed by atoms with Gasteiger partial charge in [-0.2, -0.15) is 0 Å². The number of benzene rings is 2. The molecule has 4 amide bonds. The van der Waals surface area contributed by atoms with Crippen molar-refractivity contribution in [2.45, 2.75) is 34.7 Å². The van der Waals surface area contributed by atoms with E-state index in [0.29, 0.717) is 36.4 Å². The lowest BCUT2D eigenvalue weighted by Crippen LogP contribution is -2.49. The molecule has 0 radical (unpaired) electrons. The Bertz CT molecular complexity index is 1060. The van der Waals surface area contributed by atoms with Gasteiger partial charge in [0.15, 0.2) is 0 Å². The van der Waals surface area contributed by atoms with E-state index < -0.39 is 6.04 Å². The summed E-state index contributed by atoms with van der Waals surface area (Å²) in [6.07, 6.45) is 4.89. The predicted octanol–water partition coefficient (Wildman–Crippen LogP) is 3.87. The second kappa shape index (κ2) is 9.46. The molecule has 0 aromatic heterocycles. The number of nitrogens with zero attached hydrogens (tertiary/aromatic N) is 2. The Balaban J connectivity index is 1.48. The van der Waals surface area contributed by atoms with E-state index in [-0.39, 0.29) is 23.9 Å². The van der Waals surface area contributed by atoms with E-state index in [9.17, 15) is 14.4 Å². The molecule has 2 aromatic carbocycles. The molecule has 2 aromatic rings. The second-order valence-corrected chi connectivity index (χ2v) is 9.39. The number of nitrogens with one attached hydrogen (secondary N) is 1. The van der Waals surface area contributed by atoms with E-state index >= 15 is 0 Å². The zero-order valence-corrected chi connectivity index (χ0v) is 19.8. The molecular weight excluding hydrogens is 446 g/mol. The number of imide groups is 1. The first-order valence-corrected chi connectivity index (χ1v) is 12.7. The maximum absolute atomic E-state index is 13.1. The number of piperidine rings is 1. The summed E-state index contributed by atoms with van der Waals surface area (Å²) in [5.74, 6) is 0.0297. The highest BCUT2D eigenvalue weighted by Crippen LogP contribution is 2.33. The van der Waals surface area contributed by atoms with Crippen LogP contribution in [0.25, 0.3) is 0 Å². The van der Waals surface area contributed by atoms with Crippen LogP contribution in [0.2, 0.25) is 0 Å². The Morgan fingerprint density at radius 2 is 1.84 bits per heavy atom. The molecule has 0 spiro atoms. The minimum atomic E-state index is -0.569. The fourth-order valence-corrected chi connectivity index (χ4v) is 5.05. The zero-order valence-electron chi connectivity index (χ0n) is 18.2. The summed E-state index contributed by atoms with van der Waals surface area (Å²) in [6.45, 7) is 0.418. The van der Waals surface area contributed by atoms with Crippen LogP contribution >= 0.6 is 23.5 Å². The molecule has 0 aliphatic carbocycles. The minimum absolute atomic E-state index is 0.206. The number of ether oxygens (including phenoxy) is 1. The van der Waals surface area contributed by atoms with Crippen LogP contribution in [0, 0.1) is 0 Å². The number of fused-ring (bicyclic) bond motifs is 1. The van der Waals surface area contributed by atoms with Crippen LogP contribution in [0.15, 0.2) is 52.3 Å². The summed E-state index contributed by atoms with van der Waals surface area (Å²) in [5, 5.41) is 3.03. The number of methoxy groups -OCH3 is 1. The minimum Gasteiger partial charge on any atom is -0.496 e. The number of carbonyl (C=O) groups excluding carboxylic acids is 3. The highest BCUT2D eigenvalue weighted by Gasteiger charge is 2.48. The van der Waals surface area contributed by atoms with E-state index in [1.54, 1.807) is 40.6 Å². The van der Waals surface area contributed by atoms with Crippen molar-refractivity contribution in [1.82, 2.24) is 10.2 Å². The molecule has 2 aliphatic heterocycles. The summed E-state index contributed by atoms with van der Waals surface area (Å²) in [7, 11) is 1.54. The van der Waals surface area contributed by atoms with Crippen molar-refractivity contribution in [2.24, 2.45) is 0 Å². The van der Waals surface area contributed by atoms with Gasteiger partial charge in [-0.3, -0.25) is 9.59 Å². The van der Waals surface area contributed by atoms with Crippen molar-refractivity contribution in [3.8, 4) is 5.75 Å². The number of anilines is 1. The molecule has 7 nitrogen and oxygen atoms in total. The zero-order chi connectivity index (χ0) is 22.8. The Labute approximate surface area is 195 Å². The molecule has 1 N–H and O–H groups in total. The molecule has 9 heteroatoms. The van der Waals surface area contributed by atoms with Crippen molar-refractivity contribution in [2.75, 3.05) is 31.1 Å². The highest BCUT2D eigenvalue weighted by molar-refractivity contribution is 7.98. The van der Waals surface area contributed by atoms with Gasteiger partial charge in [-0.15, -0.1) is 23.5 Å². The monoisotopic (exact) mass is 471 g/mol. The SMILES string of the molecule is COc1cc(SC)ccc1C(=O)N[C@@H]1CCN2C(=O)N(c3cccc(SC)c3)C(=O)[C@@H]2C1. The van der Waals surface area contributed by atoms with E-state index in [0.717, 1.165) is 9.79 Å². The summed E-state index contributed by atoms with van der Waals surface area (Å²) in [6, 6.07) is 11.8. The fourth-order valence-electron chi connectivity index (χ4n) is 4.17. The molecule has 2 aliphatic rings. The molecule has 0 saturated carbocycles. The van der Waals surface area contributed by atoms with E-state index in [2.05, 4.69) is 5.32 Å². The van der Waals surface area contributed by atoms with Gasteiger partial charge < -0.3 is 15.0 Å². The fraction of sp³-hybridized carbons (Fsp3) is 0.348. The van der Waals surface area contributed by atoms with Gasteiger partial charge in [0.1, 0.15) is 11.8 Å². The van der Waals surface area contributed by atoms with Crippen LogP contribution in [0.4, 0.5) is 10.5 Å². The molecule has 168 valence electrons. The summed E-state index contributed by atoms with van der Waals surface area (Å²) in [4.78, 5) is 43.9. The topological polar surface area (TPSA) is 79.0 Å². The Kier molecular flexibility index (Phi) is 6.66. The first-order valence-electron chi connectivity index (χ1n) is 10.3. The number of rotatable bonds is 6. The maximum Gasteiger partial charge on any atom is 0.332 e. The molecule has 0 unspecified atom stereocenters. The van der Waals surface area contributed by atoms with Crippen molar-refractivity contribution >= 4 is 47.1 Å². The van der Waals surface area contributed by atoms with Crippen LogP contribution < -0.4 is 15.0 Å². The molecule has 2 heterocycles. The van der Waals surface area contributed by atoms with Gasteiger partial charge in [0.05, 0.1) is 18.4 Å². The Hall–Kier alpha value is -2.65. The highest BCUT2D eigenvalue weighted by atomic mass is 32.2. The normalized spacial score (nSPS) is 20.3. The largest absolute Gasteiger partial charge is 0.496 e. The summed E-state index contributed by atoms with van der Waals surface area (Å²) in [5.41, 5.74) is 1.04. The molecule has 32 heavy (non-hydrogen) atoms. The first-order chi connectivity index (χ1) is 15.5. The molecule has 2 atom stereocenters. The quantitative estimate of drug-likeness (QED) is 0.509. The average molecular weight is 472 g/mol. The van der Waals surface area contributed by atoms with Gasteiger partial charge in [-0.25, -0.2) is 9.69 Å². The van der Waals surface area contributed by atoms with Crippen molar-refractivity contribution in [1.29, 1.82) is 0 Å². The van der Waals surface area contributed by atoms with Crippen LogP contribution in [0.3, 0.4) is 0 Å². The lowest BCUT2D eigenvalue weighted by Gasteiger charge is -2.32. The molecule has 4 rings (SSSR count). The Morgan fingerprint density at radius 3 is 2.56 bits per heavy atom. The van der Waals surface area contributed by atoms with Crippen LogP contribution in [-0.4, -0.2) is 61.0 Å². The van der Waals surface area contributed by atoms with Gasteiger partial charge in [-0.1, -0.05) is 6.07 Å². The number of hydrogen-bond acceptors (Lipinski definition) is 6. The molecule has 0 bridgehead atoms. The third-order valence-electron chi connectivity index (χ3n) is 5.84. The summed E-state index contributed by atoms with van der Waals surface area (Å²) < 4.78 is 5.39. The molecule has 2 fully saturated rings. The third-order valence-corrected chi connectivity index (χ3v) is 7.30. The van der Waals surface area contributed by atoms with Gasteiger partial charge in [0.25, 0.3) is 11.8 Å². The molecular formula is C23H25N3O4S2. The van der Waals surface area contributed by atoms with Gasteiger partial charge in [0.2, 0.25) is 0 Å². The van der Waals surface area contributed by atoms with Gasteiger partial charge >= 0.3 is 6.03 Å². The second-order valence-electron chi connectivity index (χ2n) is 7.63. The number of amides is 4. The Morgan fingerprint density at radius 1 is 1.09 bits per heavy atom. The first kappa shape index (κ1) is 22.5. The number of carbonyl (C=O) groups is 3. The number of hydrogen-bond donors (Lipinski definition) is 1. The smallest absolute Gasteiger partial charge is 0.332 e. The lowest BCUT2D eigenvalue weighted by molar-refractivity contribution is -0.120. The van der Waals surface area contributed by atoms with E-state index in [1.807, 2.05) is 42.8 Å². The van der Waals surface area contributed by atoms with Gasteiger partial charge in [-0.05, 0) is 61.8 Å². The van der Waals surface area contributed by atoms with Crippen molar-refractivity contribution in [3.63, 3.8) is 0 Å². The number of urea groups is 1. The van der Waals surface area contributed by atoms with Crippen LogP contribution in [0.1, 0.15) is 23.2 Å². The summed E-state index contributed by atoms with van der Waals surface area (Å²) >= 11 is 3.13.